The van der Waals surface area contributed by atoms with E-state index in [9.17, 15) is 14.7 Å². The first-order valence-electron chi connectivity index (χ1n) is 7.17. The highest BCUT2D eigenvalue weighted by Gasteiger charge is 2.26. The van der Waals surface area contributed by atoms with Crippen LogP contribution in [0.15, 0.2) is 36.4 Å². The van der Waals surface area contributed by atoms with Crippen LogP contribution < -0.4 is 14.8 Å². The summed E-state index contributed by atoms with van der Waals surface area (Å²) >= 11 is 0. The van der Waals surface area contributed by atoms with Gasteiger partial charge in [0, 0.05) is 11.1 Å². The molecule has 0 fully saturated rings. The van der Waals surface area contributed by atoms with Gasteiger partial charge in [0.05, 0.1) is 14.2 Å². The second-order valence-electron chi connectivity index (χ2n) is 5.16. The number of benzene rings is 2. The minimum absolute atomic E-state index is 0.120. The predicted molar refractivity (Wildman–Crippen MR) is 88.0 cm³/mol. The third kappa shape index (κ3) is 2.58. The quantitative estimate of drug-likeness (QED) is 0.668. The molecule has 0 saturated heterocycles. The molecule has 0 saturated carbocycles. The fraction of sp³-hybridized carbons (Fsp3) is 0.111. The average Bonchev–Trinajstić information content (AvgIpc) is 2.59. The summed E-state index contributed by atoms with van der Waals surface area (Å²) in [5.41, 5.74) is 1.93. The maximum Gasteiger partial charge on any atom is 0.258 e. The van der Waals surface area contributed by atoms with E-state index in [1.165, 1.54) is 14.2 Å². The zero-order valence-corrected chi connectivity index (χ0v) is 13.1. The number of fused-ring (bicyclic) bond motifs is 1. The maximum absolute atomic E-state index is 12.2. The van der Waals surface area contributed by atoms with Crippen LogP contribution in [0.25, 0.3) is 11.6 Å². The Morgan fingerprint density at radius 1 is 0.958 bits per heavy atom. The number of aromatic hydroxyl groups is 1. The Hall–Kier alpha value is -3.28. The van der Waals surface area contributed by atoms with E-state index in [0.29, 0.717) is 22.3 Å². The Labute approximate surface area is 138 Å². The molecule has 6 heteroatoms. The highest BCUT2D eigenvalue weighted by molar-refractivity contribution is 6.33. The first-order valence-corrected chi connectivity index (χ1v) is 7.17. The molecule has 3 rings (SSSR count). The van der Waals surface area contributed by atoms with Crippen LogP contribution in [0.4, 0.5) is 0 Å². The lowest BCUT2D eigenvalue weighted by molar-refractivity contribution is -0.114. The zero-order valence-electron chi connectivity index (χ0n) is 13.1. The van der Waals surface area contributed by atoms with Gasteiger partial charge in [0.15, 0.2) is 11.5 Å². The lowest BCUT2D eigenvalue weighted by atomic mass is 9.93. The molecule has 122 valence electrons. The van der Waals surface area contributed by atoms with E-state index in [-0.39, 0.29) is 17.2 Å². The SMILES string of the molecule is COc1cc(/C=C2\C(=O)NC(=O)c3ccccc32)cc(OC)c1O. The molecule has 0 radical (unpaired) electrons. The van der Waals surface area contributed by atoms with E-state index in [4.69, 9.17) is 9.47 Å². The predicted octanol–water partition coefficient (Wildman–Crippen LogP) is 2.22. The molecule has 0 unspecified atom stereocenters. The van der Waals surface area contributed by atoms with E-state index in [1.54, 1.807) is 42.5 Å². The molecule has 6 nitrogen and oxygen atoms in total. The Bertz CT molecular complexity index is 844. The van der Waals surface area contributed by atoms with Gasteiger partial charge in [-0.1, -0.05) is 18.2 Å². The van der Waals surface area contributed by atoms with Gasteiger partial charge in [-0.05, 0) is 35.4 Å². The number of imide groups is 1. The van der Waals surface area contributed by atoms with E-state index in [2.05, 4.69) is 5.32 Å². The van der Waals surface area contributed by atoms with Crippen molar-refractivity contribution in [2.75, 3.05) is 14.2 Å². The van der Waals surface area contributed by atoms with E-state index in [0.717, 1.165) is 0 Å². The second-order valence-corrected chi connectivity index (χ2v) is 5.16. The highest BCUT2D eigenvalue weighted by atomic mass is 16.5. The number of hydrogen-bond acceptors (Lipinski definition) is 5. The normalized spacial score (nSPS) is 15.0. The maximum atomic E-state index is 12.2. The molecular weight excluding hydrogens is 310 g/mol. The Balaban J connectivity index is 2.16. The summed E-state index contributed by atoms with van der Waals surface area (Å²) in [6, 6.07) is 10.0. The molecule has 2 aromatic carbocycles. The van der Waals surface area contributed by atoms with Crippen molar-refractivity contribution in [1.29, 1.82) is 0 Å². The number of carbonyl (C=O) groups excluding carboxylic acids is 2. The van der Waals surface area contributed by atoms with Crippen LogP contribution in [-0.4, -0.2) is 31.1 Å². The van der Waals surface area contributed by atoms with Crippen molar-refractivity contribution in [1.82, 2.24) is 5.32 Å². The van der Waals surface area contributed by atoms with Crippen molar-refractivity contribution < 1.29 is 24.2 Å². The third-order valence-corrected chi connectivity index (χ3v) is 3.75. The molecule has 2 amide bonds. The van der Waals surface area contributed by atoms with Gasteiger partial charge in [0.1, 0.15) is 0 Å². The van der Waals surface area contributed by atoms with Gasteiger partial charge in [-0.15, -0.1) is 0 Å². The van der Waals surface area contributed by atoms with Gasteiger partial charge >= 0.3 is 0 Å². The molecule has 1 heterocycles. The number of carbonyl (C=O) groups is 2. The van der Waals surface area contributed by atoms with Crippen molar-refractivity contribution >= 4 is 23.5 Å². The molecule has 0 spiro atoms. The number of amides is 2. The van der Waals surface area contributed by atoms with Crippen LogP contribution in [0.2, 0.25) is 0 Å². The fourth-order valence-electron chi connectivity index (χ4n) is 2.58. The number of methoxy groups -OCH3 is 2. The summed E-state index contributed by atoms with van der Waals surface area (Å²) in [6.45, 7) is 0. The van der Waals surface area contributed by atoms with Crippen LogP contribution >= 0.6 is 0 Å². The summed E-state index contributed by atoms with van der Waals surface area (Å²) in [7, 11) is 2.85. The van der Waals surface area contributed by atoms with E-state index >= 15 is 0 Å². The lowest BCUT2D eigenvalue weighted by Gasteiger charge is -2.18. The summed E-state index contributed by atoms with van der Waals surface area (Å²) in [5, 5.41) is 12.3. The third-order valence-electron chi connectivity index (χ3n) is 3.75. The van der Waals surface area contributed by atoms with E-state index < -0.39 is 11.8 Å². The molecule has 0 bridgehead atoms. The van der Waals surface area contributed by atoms with Crippen LogP contribution in [0, 0.1) is 0 Å². The molecule has 1 aliphatic heterocycles. The summed E-state index contributed by atoms with van der Waals surface area (Å²) < 4.78 is 10.2. The molecule has 0 aromatic heterocycles. The minimum Gasteiger partial charge on any atom is -0.502 e. The Morgan fingerprint density at radius 3 is 2.12 bits per heavy atom. The monoisotopic (exact) mass is 325 g/mol. The number of phenolic OH excluding ortho intramolecular Hbond substituents is 1. The highest BCUT2D eigenvalue weighted by Crippen LogP contribution is 2.38. The van der Waals surface area contributed by atoms with Crippen molar-refractivity contribution in [3.8, 4) is 17.2 Å². The van der Waals surface area contributed by atoms with E-state index in [1.807, 2.05) is 0 Å². The summed E-state index contributed by atoms with van der Waals surface area (Å²) in [6.07, 6.45) is 1.62. The first kappa shape index (κ1) is 15.6. The molecular formula is C18H15NO5. The van der Waals surface area contributed by atoms with Gasteiger partial charge in [-0.3, -0.25) is 14.9 Å². The van der Waals surface area contributed by atoms with Crippen LogP contribution in [0.5, 0.6) is 17.2 Å². The number of ether oxygens (including phenoxy) is 2. The van der Waals surface area contributed by atoms with Gasteiger partial charge in [0.2, 0.25) is 5.75 Å². The van der Waals surface area contributed by atoms with Crippen molar-refractivity contribution in [2.45, 2.75) is 0 Å². The summed E-state index contributed by atoms with van der Waals surface area (Å²) in [4.78, 5) is 24.1. The zero-order chi connectivity index (χ0) is 17.3. The van der Waals surface area contributed by atoms with Crippen LogP contribution in [0.1, 0.15) is 21.5 Å². The molecule has 2 N–H and O–H groups in total. The number of hydrogen-bond donors (Lipinski definition) is 2. The van der Waals surface area contributed by atoms with Crippen molar-refractivity contribution in [2.24, 2.45) is 0 Å². The minimum atomic E-state index is -0.482. The molecule has 1 aliphatic rings. The van der Waals surface area contributed by atoms with Crippen LogP contribution in [-0.2, 0) is 4.79 Å². The summed E-state index contributed by atoms with van der Waals surface area (Å²) in [5.74, 6) is -0.576. The van der Waals surface area contributed by atoms with Crippen LogP contribution in [0.3, 0.4) is 0 Å². The standard InChI is InChI=1S/C18H15NO5/c1-23-14-8-10(9-15(24-2)16(14)20)7-13-11-5-3-4-6-12(11)17(21)19-18(13)22/h3-9,20H,1-2H3,(H,19,21,22)/b13-7-. The first-order chi connectivity index (χ1) is 11.5. The number of phenols is 1. The number of rotatable bonds is 3. The second kappa shape index (κ2) is 6.08. The van der Waals surface area contributed by atoms with Gasteiger partial charge in [-0.25, -0.2) is 0 Å². The Morgan fingerprint density at radius 2 is 1.54 bits per heavy atom. The van der Waals surface area contributed by atoms with Gasteiger partial charge in [-0.2, -0.15) is 0 Å². The van der Waals surface area contributed by atoms with Gasteiger partial charge < -0.3 is 14.6 Å². The van der Waals surface area contributed by atoms with Crippen molar-refractivity contribution in [3.63, 3.8) is 0 Å². The fourth-order valence-corrected chi connectivity index (χ4v) is 2.58. The molecule has 0 atom stereocenters. The molecule has 24 heavy (non-hydrogen) atoms. The molecule has 2 aromatic rings. The smallest absolute Gasteiger partial charge is 0.258 e. The van der Waals surface area contributed by atoms with Gasteiger partial charge in [0.25, 0.3) is 11.8 Å². The number of nitrogens with one attached hydrogen (secondary N) is 1. The average molecular weight is 325 g/mol. The Kier molecular flexibility index (Phi) is 3.95. The lowest BCUT2D eigenvalue weighted by Crippen LogP contribution is -2.36. The van der Waals surface area contributed by atoms with Crippen molar-refractivity contribution in [3.05, 3.63) is 53.1 Å². The molecule has 0 aliphatic carbocycles. The largest absolute Gasteiger partial charge is 0.502 e. The topological polar surface area (TPSA) is 84.9 Å².